The van der Waals surface area contributed by atoms with E-state index in [1.165, 1.54) is 0 Å². The second-order valence-electron chi connectivity index (χ2n) is 8.27. The van der Waals surface area contributed by atoms with Gasteiger partial charge in [-0.2, -0.15) is 0 Å². The van der Waals surface area contributed by atoms with Crippen LogP contribution in [0.5, 0.6) is 11.5 Å². The van der Waals surface area contributed by atoms with E-state index in [0.717, 1.165) is 28.2 Å². The number of aryl methyl sites for hydroxylation is 1. The summed E-state index contributed by atoms with van der Waals surface area (Å²) in [5.41, 5.74) is 4.20. The molecule has 8 nitrogen and oxygen atoms in total. The standard InChI is InChI=1S/C27H29N5O3/c1-17-10-21(14-28-13-17)27(33)31-22-7-5-6-19(11-22)18(2)30-26-16-29-15-23(32-26)20-8-9-24(34-3)25(12-20)35-4/h5-16,18,23,30,32H,1-4H3,(H,31,33)/t18-,23?/m0/s1. The summed E-state index contributed by atoms with van der Waals surface area (Å²) in [6.45, 7) is 3.96. The van der Waals surface area contributed by atoms with Crippen LogP contribution in [-0.4, -0.2) is 31.3 Å². The molecule has 0 spiro atoms. The number of aliphatic imine (C=N–C) groups is 1. The van der Waals surface area contributed by atoms with Gasteiger partial charge >= 0.3 is 0 Å². The summed E-state index contributed by atoms with van der Waals surface area (Å²) in [4.78, 5) is 21.1. The molecule has 1 aliphatic heterocycles. The third-order valence-corrected chi connectivity index (χ3v) is 5.67. The first-order valence-corrected chi connectivity index (χ1v) is 11.3. The Morgan fingerprint density at radius 2 is 1.89 bits per heavy atom. The van der Waals surface area contributed by atoms with Gasteiger partial charge in [-0.05, 0) is 60.9 Å². The first kappa shape index (κ1) is 23.8. The van der Waals surface area contributed by atoms with E-state index in [4.69, 9.17) is 9.47 Å². The van der Waals surface area contributed by atoms with Gasteiger partial charge in [-0.25, -0.2) is 0 Å². The molecular weight excluding hydrogens is 442 g/mol. The molecule has 0 saturated carbocycles. The maximum atomic E-state index is 12.6. The van der Waals surface area contributed by atoms with Gasteiger partial charge in [0.1, 0.15) is 5.82 Å². The molecule has 35 heavy (non-hydrogen) atoms. The summed E-state index contributed by atoms with van der Waals surface area (Å²) >= 11 is 0. The molecule has 0 aliphatic carbocycles. The molecular formula is C27H29N5O3. The molecule has 0 saturated heterocycles. The van der Waals surface area contributed by atoms with Crippen LogP contribution >= 0.6 is 0 Å². The molecule has 2 heterocycles. The first-order chi connectivity index (χ1) is 17.0. The molecule has 2 atom stereocenters. The lowest BCUT2D eigenvalue weighted by atomic mass is 10.1. The van der Waals surface area contributed by atoms with Gasteiger partial charge in [0, 0.05) is 30.3 Å². The van der Waals surface area contributed by atoms with Crippen LogP contribution in [0.1, 0.15) is 46.1 Å². The normalized spacial score (nSPS) is 15.4. The third kappa shape index (κ3) is 5.78. The van der Waals surface area contributed by atoms with Crippen molar-refractivity contribution in [1.29, 1.82) is 0 Å². The average molecular weight is 472 g/mol. The van der Waals surface area contributed by atoms with Crippen molar-refractivity contribution in [3.05, 3.63) is 95.2 Å². The molecule has 0 bridgehead atoms. The van der Waals surface area contributed by atoms with E-state index in [-0.39, 0.29) is 18.0 Å². The Morgan fingerprint density at radius 1 is 1.06 bits per heavy atom. The van der Waals surface area contributed by atoms with Crippen molar-refractivity contribution in [2.45, 2.75) is 25.9 Å². The molecule has 180 valence electrons. The number of rotatable bonds is 8. The maximum absolute atomic E-state index is 12.6. The van der Waals surface area contributed by atoms with Crippen molar-refractivity contribution >= 4 is 17.8 Å². The van der Waals surface area contributed by atoms with E-state index in [1.54, 1.807) is 32.8 Å². The molecule has 1 aliphatic rings. The summed E-state index contributed by atoms with van der Waals surface area (Å²) in [6.07, 6.45) is 6.88. The quantitative estimate of drug-likeness (QED) is 0.447. The number of hydrogen-bond acceptors (Lipinski definition) is 7. The van der Waals surface area contributed by atoms with Gasteiger partial charge in [-0.15, -0.1) is 0 Å². The average Bonchev–Trinajstić information content (AvgIpc) is 2.88. The van der Waals surface area contributed by atoms with E-state index < -0.39 is 0 Å². The van der Waals surface area contributed by atoms with Crippen LogP contribution in [0, 0.1) is 6.92 Å². The van der Waals surface area contributed by atoms with Gasteiger partial charge in [0.15, 0.2) is 11.5 Å². The summed E-state index contributed by atoms with van der Waals surface area (Å²) in [5, 5.41) is 9.87. The zero-order valence-corrected chi connectivity index (χ0v) is 20.2. The van der Waals surface area contributed by atoms with Crippen LogP contribution in [0.2, 0.25) is 0 Å². The van der Waals surface area contributed by atoms with Crippen LogP contribution in [-0.2, 0) is 0 Å². The zero-order chi connectivity index (χ0) is 24.8. The van der Waals surface area contributed by atoms with Gasteiger partial charge in [-0.1, -0.05) is 18.2 Å². The van der Waals surface area contributed by atoms with Gasteiger partial charge in [0.05, 0.1) is 32.0 Å². The monoisotopic (exact) mass is 471 g/mol. The largest absolute Gasteiger partial charge is 0.493 e. The number of ether oxygens (including phenoxy) is 2. The number of carbonyl (C=O) groups is 1. The van der Waals surface area contributed by atoms with Crippen LogP contribution in [0.3, 0.4) is 0 Å². The minimum atomic E-state index is -0.192. The highest BCUT2D eigenvalue weighted by Crippen LogP contribution is 2.30. The highest BCUT2D eigenvalue weighted by atomic mass is 16.5. The number of carbonyl (C=O) groups excluding carboxylic acids is 1. The summed E-state index contributed by atoms with van der Waals surface area (Å²) in [7, 11) is 3.23. The fourth-order valence-corrected chi connectivity index (χ4v) is 3.83. The minimum Gasteiger partial charge on any atom is -0.493 e. The van der Waals surface area contributed by atoms with Crippen LogP contribution in [0.25, 0.3) is 0 Å². The van der Waals surface area contributed by atoms with Gasteiger partial charge in [0.25, 0.3) is 5.91 Å². The highest BCUT2D eigenvalue weighted by molar-refractivity contribution is 6.04. The second kappa shape index (κ2) is 10.7. The fourth-order valence-electron chi connectivity index (χ4n) is 3.83. The third-order valence-electron chi connectivity index (χ3n) is 5.67. The Bertz CT molecular complexity index is 1270. The Labute approximate surface area is 205 Å². The van der Waals surface area contributed by atoms with E-state index in [2.05, 4.69) is 32.9 Å². The number of methoxy groups -OCH3 is 2. The number of nitrogens with one attached hydrogen (secondary N) is 3. The highest BCUT2D eigenvalue weighted by Gasteiger charge is 2.18. The number of amides is 1. The van der Waals surface area contributed by atoms with E-state index in [0.29, 0.717) is 17.1 Å². The van der Waals surface area contributed by atoms with Crippen molar-refractivity contribution in [3.8, 4) is 11.5 Å². The number of anilines is 1. The van der Waals surface area contributed by atoms with Crippen molar-refractivity contribution in [3.63, 3.8) is 0 Å². The van der Waals surface area contributed by atoms with Crippen LogP contribution in [0.4, 0.5) is 5.69 Å². The Balaban J connectivity index is 1.42. The Morgan fingerprint density at radius 3 is 2.66 bits per heavy atom. The number of benzene rings is 2. The Kier molecular flexibility index (Phi) is 7.30. The van der Waals surface area contributed by atoms with Crippen molar-refractivity contribution < 1.29 is 14.3 Å². The molecule has 8 heteroatoms. The molecule has 2 aromatic carbocycles. The summed E-state index contributed by atoms with van der Waals surface area (Å²) < 4.78 is 10.8. The fraction of sp³-hybridized carbons (Fsp3) is 0.222. The molecule has 0 radical (unpaired) electrons. The van der Waals surface area contributed by atoms with Crippen molar-refractivity contribution in [2.24, 2.45) is 4.99 Å². The van der Waals surface area contributed by atoms with Gasteiger partial charge in [0.2, 0.25) is 0 Å². The topological polar surface area (TPSA) is 96.9 Å². The second-order valence-corrected chi connectivity index (χ2v) is 8.27. The lowest BCUT2D eigenvalue weighted by molar-refractivity contribution is 0.102. The van der Waals surface area contributed by atoms with E-state index in [1.807, 2.05) is 61.7 Å². The molecule has 3 N–H and O–H groups in total. The van der Waals surface area contributed by atoms with Gasteiger partial charge in [-0.3, -0.25) is 14.8 Å². The molecule has 1 amide bonds. The number of aromatic nitrogens is 1. The maximum Gasteiger partial charge on any atom is 0.257 e. The summed E-state index contributed by atoms with van der Waals surface area (Å²) in [6, 6.07) is 15.2. The van der Waals surface area contributed by atoms with Gasteiger partial charge < -0.3 is 25.4 Å². The lowest BCUT2D eigenvalue weighted by Crippen LogP contribution is -2.33. The van der Waals surface area contributed by atoms with Crippen molar-refractivity contribution in [2.75, 3.05) is 19.5 Å². The molecule has 1 unspecified atom stereocenters. The van der Waals surface area contributed by atoms with Crippen molar-refractivity contribution in [1.82, 2.24) is 15.6 Å². The molecule has 3 aromatic rings. The smallest absolute Gasteiger partial charge is 0.257 e. The molecule has 0 fully saturated rings. The van der Waals surface area contributed by atoms with E-state index in [9.17, 15) is 4.79 Å². The molecule has 1 aromatic heterocycles. The lowest BCUT2D eigenvalue weighted by Gasteiger charge is -2.26. The van der Waals surface area contributed by atoms with E-state index >= 15 is 0 Å². The first-order valence-electron chi connectivity index (χ1n) is 11.3. The van der Waals surface area contributed by atoms with Crippen LogP contribution in [0.15, 0.2) is 77.9 Å². The molecule has 4 rings (SSSR count). The Hall–Kier alpha value is -4.33. The zero-order valence-electron chi connectivity index (χ0n) is 20.2. The predicted molar refractivity (Wildman–Crippen MR) is 137 cm³/mol. The van der Waals surface area contributed by atoms with Crippen LogP contribution < -0.4 is 25.4 Å². The number of pyridine rings is 1. The predicted octanol–water partition coefficient (Wildman–Crippen LogP) is 4.52. The SMILES string of the molecule is COc1ccc(C2C=NC=C(N[C@@H](C)c3cccc(NC(=O)c4cncc(C)c4)c3)N2)cc1OC. The number of nitrogens with zero attached hydrogens (tertiary/aromatic N) is 2. The minimum absolute atomic E-state index is 0.0365. The number of hydrogen-bond donors (Lipinski definition) is 3. The summed E-state index contributed by atoms with van der Waals surface area (Å²) in [5.74, 6) is 1.94.